The number of halogens is 1. The molecule has 0 aliphatic carbocycles. The maximum atomic E-state index is 7.11. The van der Waals surface area contributed by atoms with Crippen LogP contribution in [0.1, 0.15) is 18.4 Å². The Kier molecular flexibility index (Phi) is 7.05. The minimum absolute atomic E-state index is 0.401. The summed E-state index contributed by atoms with van der Waals surface area (Å²) in [6.07, 6.45) is 4.34. The molecule has 0 unspecified atom stereocenters. The summed E-state index contributed by atoms with van der Waals surface area (Å²) in [5.41, 5.74) is 2.94. The number of rotatable bonds is 8. The van der Waals surface area contributed by atoms with E-state index >= 15 is 0 Å². The zero-order valence-electron chi connectivity index (χ0n) is 17.9. The monoisotopic (exact) mass is 448 g/mol. The minimum atomic E-state index is 0.401. The molecule has 0 spiro atoms. The molecule has 4 rings (SSSR count). The normalized spacial score (nSPS) is 13.5. The third-order valence-corrected chi connectivity index (χ3v) is 5.59. The Bertz CT molecular complexity index is 1110. The highest BCUT2D eigenvalue weighted by Crippen LogP contribution is 2.30. The molecule has 1 aliphatic rings. The van der Waals surface area contributed by atoms with E-state index in [0.29, 0.717) is 29.1 Å². The van der Waals surface area contributed by atoms with Gasteiger partial charge in [0.2, 0.25) is 11.6 Å². The second-order valence-electron chi connectivity index (χ2n) is 7.67. The van der Waals surface area contributed by atoms with E-state index < -0.39 is 0 Å². The van der Waals surface area contributed by atoms with E-state index in [1.807, 2.05) is 31.2 Å². The van der Waals surface area contributed by atoms with Crippen molar-refractivity contribution < 1.29 is 4.74 Å². The van der Waals surface area contributed by atoms with E-state index in [-0.39, 0.29) is 0 Å². The Morgan fingerprint density at radius 1 is 1.09 bits per heavy atom. The lowest BCUT2D eigenvalue weighted by atomic mass is 10.2. The number of benzene rings is 2. The molecule has 3 aromatic rings. The first kappa shape index (κ1) is 21.9. The summed E-state index contributed by atoms with van der Waals surface area (Å²) in [6, 6.07) is 13.0. The maximum absolute atomic E-state index is 7.11. The Morgan fingerprint density at radius 3 is 2.56 bits per heavy atom. The fourth-order valence-corrected chi connectivity index (χ4v) is 3.73. The molecule has 8 heteroatoms. The fraction of sp³-hybridized carbons (Fsp3) is 0.292. The summed E-state index contributed by atoms with van der Waals surface area (Å²) in [4.78, 5) is 14.8. The van der Waals surface area contributed by atoms with Crippen molar-refractivity contribution in [1.29, 1.82) is 0 Å². The van der Waals surface area contributed by atoms with Crippen LogP contribution in [0.3, 0.4) is 0 Å². The highest BCUT2D eigenvalue weighted by Gasteiger charge is 2.11. The molecule has 0 saturated carbocycles. The number of hydrogen-bond donors (Lipinski definition) is 2. The summed E-state index contributed by atoms with van der Waals surface area (Å²) in [6.45, 7) is 13.1. The first-order valence-electron chi connectivity index (χ1n) is 10.6. The van der Waals surface area contributed by atoms with Crippen LogP contribution in [0.25, 0.3) is 4.85 Å². The van der Waals surface area contributed by atoms with Crippen molar-refractivity contribution in [3.05, 3.63) is 70.7 Å². The number of nitrogens with one attached hydrogen (secondary N) is 2. The zero-order valence-corrected chi connectivity index (χ0v) is 18.7. The minimum Gasteiger partial charge on any atom is -0.492 e. The summed E-state index contributed by atoms with van der Waals surface area (Å²) in [7, 11) is 0. The van der Waals surface area contributed by atoms with Crippen molar-refractivity contribution in [3.63, 3.8) is 0 Å². The average molecular weight is 449 g/mol. The Labute approximate surface area is 193 Å². The number of likely N-dealkylation sites (tertiary alicyclic amines) is 1. The van der Waals surface area contributed by atoms with Crippen LogP contribution in [-0.2, 0) is 0 Å². The standard InChI is InChI=1S/C24H25ClN6O/c1-17-16-27-24(30-23(17)28-19-7-10-22(26-2)21(25)15-19)29-18-5-8-20(9-6-18)32-14-13-31-11-3-4-12-31/h5-10,15-16H,3-4,11-14H2,1H3,(H2,27,28,29,30). The number of ether oxygens (including phenoxy) is 1. The van der Waals surface area contributed by atoms with Gasteiger partial charge in [-0.1, -0.05) is 17.7 Å². The molecule has 2 heterocycles. The maximum Gasteiger partial charge on any atom is 0.229 e. The SMILES string of the molecule is [C-]#[N+]c1ccc(Nc2nc(Nc3ccc(OCCN4CCCC4)cc3)ncc2C)cc1Cl. The Hall–Kier alpha value is -3.34. The van der Waals surface area contributed by atoms with Gasteiger partial charge >= 0.3 is 0 Å². The smallest absolute Gasteiger partial charge is 0.229 e. The van der Waals surface area contributed by atoms with E-state index in [1.54, 1.807) is 24.4 Å². The topological polar surface area (TPSA) is 66.7 Å². The van der Waals surface area contributed by atoms with Crippen molar-refractivity contribution in [1.82, 2.24) is 14.9 Å². The van der Waals surface area contributed by atoms with Gasteiger partial charge in [0.05, 0.1) is 6.57 Å². The van der Waals surface area contributed by atoms with Crippen molar-refractivity contribution in [2.45, 2.75) is 19.8 Å². The van der Waals surface area contributed by atoms with E-state index in [4.69, 9.17) is 22.9 Å². The molecule has 32 heavy (non-hydrogen) atoms. The van der Waals surface area contributed by atoms with Crippen molar-refractivity contribution in [2.75, 3.05) is 36.9 Å². The third-order valence-electron chi connectivity index (χ3n) is 5.29. The largest absolute Gasteiger partial charge is 0.492 e. The van der Waals surface area contributed by atoms with Gasteiger partial charge in [0, 0.05) is 34.7 Å². The summed E-state index contributed by atoms with van der Waals surface area (Å²) < 4.78 is 5.86. The molecule has 2 aromatic carbocycles. The van der Waals surface area contributed by atoms with Crippen LogP contribution >= 0.6 is 11.6 Å². The second kappa shape index (κ2) is 10.3. The van der Waals surface area contributed by atoms with Gasteiger partial charge in [0.1, 0.15) is 18.2 Å². The molecule has 7 nitrogen and oxygen atoms in total. The van der Waals surface area contributed by atoms with Crippen LogP contribution < -0.4 is 15.4 Å². The number of anilines is 4. The lowest BCUT2D eigenvalue weighted by Gasteiger charge is -2.15. The molecule has 1 saturated heterocycles. The number of hydrogen-bond acceptors (Lipinski definition) is 6. The molecule has 1 aromatic heterocycles. The van der Waals surface area contributed by atoms with Gasteiger partial charge in [-0.15, -0.1) is 0 Å². The number of aromatic nitrogens is 2. The summed E-state index contributed by atoms with van der Waals surface area (Å²) in [5.74, 6) is 1.99. The van der Waals surface area contributed by atoms with Crippen molar-refractivity contribution >= 4 is 40.4 Å². The molecule has 1 fully saturated rings. The molecule has 0 bridgehead atoms. The van der Waals surface area contributed by atoms with E-state index in [2.05, 4.69) is 30.3 Å². The van der Waals surface area contributed by atoms with Crippen LogP contribution in [0.15, 0.2) is 48.7 Å². The predicted molar refractivity (Wildman–Crippen MR) is 129 cm³/mol. The van der Waals surface area contributed by atoms with Crippen LogP contribution in [-0.4, -0.2) is 41.1 Å². The second-order valence-corrected chi connectivity index (χ2v) is 8.08. The lowest BCUT2D eigenvalue weighted by Crippen LogP contribution is -2.25. The van der Waals surface area contributed by atoms with Gasteiger partial charge < -0.3 is 15.4 Å². The molecule has 0 atom stereocenters. The van der Waals surface area contributed by atoms with Crippen molar-refractivity contribution in [2.24, 2.45) is 0 Å². The quantitative estimate of drug-likeness (QED) is 0.415. The van der Waals surface area contributed by atoms with Crippen LogP contribution in [0.2, 0.25) is 5.02 Å². The third kappa shape index (κ3) is 5.67. The van der Waals surface area contributed by atoms with E-state index in [9.17, 15) is 0 Å². The highest BCUT2D eigenvalue weighted by molar-refractivity contribution is 6.33. The van der Waals surface area contributed by atoms with E-state index in [0.717, 1.165) is 29.2 Å². The number of aryl methyl sites for hydroxylation is 1. The zero-order chi connectivity index (χ0) is 22.3. The van der Waals surface area contributed by atoms with Crippen molar-refractivity contribution in [3.8, 4) is 5.75 Å². The molecule has 0 amide bonds. The van der Waals surface area contributed by atoms with Gasteiger partial charge in [-0.25, -0.2) is 9.83 Å². The molecule has 0 radical (unpaired) electrons. The molecule has 1 aliphatic heterocycles. The van der Waals surface area contributed by atoms with E-state index in [1.165, 1.54) is 25.9 Å². The van der Waals surface area contributed by atoms with Gasteiger partial charge in [-0.3, -0.25) is 4.90 Å². The highest BCUT2D eigenvalue weighted by atomic mass is 35.5. The Morgan fingerprint density at radius 2 is 1.84 bits per heavy atom. The molecule has 164 valence electrons. The molecular weight excluding hydrogens is 424 g/mol. The first-order chi connectivity index (χ1) is 15.6. The van der Waals surface area contributed by atoms with Gasteiger partial charge in [-0.05, 0) is 69.3 Å². The molecular formula is C24H25ClN6O. The number of nitrogens with zero attached hydrogens (tertiary/aromatic N) is 4. The van der Waals surface area contributed by atoms with Crippen LogP contribution in [0.5, 0.6) is 5.75 Å². The fourth-order valence-electron chi connectivity index (χ4n) is 3.50. The molecule has 2 N–H and O–H groups in total. The Balaban J connectivity index is 1.36. The van der Waals surface area contributed by atoms with Gasteiger partial charge in [-0.2, -0.15) is 4.98 Å². The van der Waals surface area contributed by atoms with Gasteiger partial charge in [0.15, 0.2) is 0 Å². The summed E-state index contributed by atoms with van der Waals surface area (Å²) in [5, 5.41) is 6.87. The average Bonchev–Trinajstić information content (AvgIpc) is 3.31. The van der Waals surface area contributed by atoms with Crippen LogP contribution in [0, 0.1) is 13.5 Å². The van der Waals surface area contributed by atoms with Crippen LogP contribution in [0.4, 0.5) is 28.8 Å². The van der Waals surface area contributed by atoms with Gasteiger partial charge in [0.25, 0.3) is 0 Å². The first-order valence-corrected chi connectivity index (χ1v) is 11.0. The lowest BCUT2D eigenvalue weighted by molar-refractivity contribution is 0.238. The summed E-state index contributed by atoms with van der Waals surface area (Å²) >= 11 is 6.14. The predicted octanol–water partition coefficient (Wildman–Crippen LogP) is 5.95.